The molecule has 2 aromatic rings. The normalized spacial score (nSPS) is 19.0. The number of nitrogens with two attached hydrogens (primary N) is 1. The van der Waals surface area contributed by atoms with Crippen molar-refractivity contribution in [1.82, 2.24) is 9.29 Å². The summed E-state index contributed by atoms with van der Waals surface area (Å²) in [4.78, 5) is 20.9. The first kappa shape index (κ1) is 20.8. The van der Waals surface area contributed by atoms with E-state index in [1.165, 1.54) is 30.5 Å². The van der Waals surface area contributed by atoms with Gasteiger partial charge in [-0.2, -0.15) is 5.26 Å². The Morgan fingerprint density at radius 2 is 2.17 bits per heavy atom. The minimum absolute atomic E-state index is 0.157. The van der Waals surface area contributed by atoms with Crippen molar-refractivity contribution < 1.29 is 9.18 Å². The number of nitrogens with zero attached hydrogens (tertiary/aromatic N) is 4. The van der Waals surface area contributed by atoms with Crippen LogP contribution in [0.4, 0.5) is 10.1 Å². The van der Waals surface area contributed by atoms with E-state index >= 15 is 0 Å². The van der Waals surface area contributed by atoms with Crippen LogP contribution in [0, 0.1) is 17.1 Å². The third-order valence-corrected chi connectivity index (χ3v) is 5.59. The molecule has 1 aliphatic rings. The van der Waals surface area contributed by atoms with Gasteiger partial charge in [0, 0.05) is 24.0 Å². The second-order valence-electron chi connectivity index (χ2n) is 7.18. The molecule has 150 valence electrons. The van der Waals surface area contributed by atoms with E-state index in [0.29, 0.717) is 29.2 Å². The van der Waals surface area contributed by atoms with Crippen molar-refractivity contribution in [1.29, 1.82) is 5.26 Å². The summed E-state index contributed by atoms with van der Waals surface area (Å²) in [7, 11) is 1.91. The predicted octanol–water partition coefficient (Wildman–Crippen LogP) is 3.12. The molecule has 3 rings (SSSR count). The highest BCUT2D eigenvalue weighted by molar-refractivity contribution is 7.99. The minimum atomic E-state index is -0.501. The van der Waals surface area contributed by atoms with E-state index < -0.39 is 22.5 Å². The zero-order valence-corrected chi connectivity index (χ0v) is 17.1. The van der Waals surface area contributed by atoms with E-state index in [1.54, 1.807) is 18.0 Å². The molecule has 1 aromatic heterocycles. The zero-order valence-electron chi connectivity index (χ0n) is 16.3. The summed E-state index contributed by atoms with van der Waals surface area (Å²) < 4.78 is 16.2. The number of halogens is 1. The number of hydrogen-bond donors (Lipinski definition) is 2. The number of carbonyl (C=O) groups excluding carboxylic acids is 1. The monoisotopic (exact) mass is 412 g/mol. The smallest absolute Gasteiger partial charge is 0.274 e. The van der Waals surface area contributed by atoms with Gasteiger partial charge in [0.15, 0.2) is 0 Å². The van der Waals surface area contributed by atoms with Crippen LogP contribution in [0.15, 0.2) is 41.5 Å². The molecule has 29 heavy (non-hydrogen) atoms. The maximum Gasteiger partial charge on any atom is 0.274 e. The predicted molar refractivity (Wildman–Crippen MR) is 112 cm³/mol. The number of amides is 1. The minimum Gasteiger partial charge on any atom is -0.386 e. The number of nitriles is 1. The van der Waals surface area contributed by atoms with Crippen molar-refractivity contribution in [3.8, 4) is 6.07 Å². The summed E-state index contributed by atoms with van der Waals surface area (Å²) in [6.45, 7) is 4.40. The van der Waals surface area contributed by atoms with Crippen LogP contribution < -0.4 is 11.1 Å². The van der Waals surface area contributed by atoms with E-state index in [-0.39, 0.29) is 5.69 Å². The van der Waals surface area contributed by atoms with Gasteiger partial charge in [0.2, 0.25) is 0 Å². The van der Waals surface area contributed by atoms with E-state index in [4.69, 9.17) is 11.0 Å². The van der Waals surface area contributed by atoms with Gasteiger partial charge in [-0.25, -0.2) is 9.37 Å². The summed E-state index contributed by atoms with van der Waals surface area (Å²) in [6.07, 6.45) is 1.32. The number of aromatic nitrogens is 1. The number of likely N-dealkylation sites (N-methyl/N-ethyl adjacent to an activating group) is 1. The molecule has 2 heterocycles. The van der Waals surface area contributed by atoms with Gasteiger partial charge in [0.1, 0.15) is 23.4 Å². The Labute approximate surface area is 173 Å². The average Bonchev–Trinajstić information content (AvgIpc) is 2.78. The number of benzene rings is 1. The fourth-order valence-electron chi connectivity index (χ4n) is 2.92. The molecule has 1 amide bonds. The zero-order chi connectivity index (χ0) is 21.2. The van der Waals surface area contributed by atoms with Crippen molar-refractivity contribution in [2.24, 2.45) is 10.7 Å². The molecule has 1 aliphatic heterocycles. The number of carbonyl (C=O) groups is 1. The first-order valence-corrected chi connectivity index (χ1v) is 9.68. The number of rotatable bonds is 3. The van der Waals surface area contributed by atoms with Gasteiger partial charge in [-0.15, -0.1) is 0 Å². The summed E-state index contributed by atoms with van der Waals surface area (Å²) in [5, 5.41) is 11.5. The third-order valence-electron chi connectivity index (χ3n) is 4.46. The number of nitrogens with one attached hydrogen (secondary N) is 1. The molecule has 0 saturated carbocycles. The second kappa shape index (κ2) is 8.19. The fraction of sp³-hybridized carbons (Fsp3) is 0.300. The van der Waals surface area contributed by atoms with E-state index in [1.807, 2.05) is 31.3 Å². The molecule has 1 aromatic carbocycles. The van der Waals surface area contributed by atoms with Crippen molar-refractivity contribution in [3.05, 3.63) is 59.2 Å². The summed E-state index contributed by atoms with van der Waals surface area (Å²) in [6, 6.07) is 8.76. The van der Waals surface area contributed by atoms with E-state index in [9.17, 15) is 9.18 Å². The van der Waals surface area contributed by atoms with Gasteiger partial charge in [-0.3, -0.25) is 14.1 Å². The van der Waals surface area contributed by atoms with Crippen LogP contribution in [0.3, 0.4) is 0 Å². The van der Waals surface area contributed by atoms with Crippen LogP contribution >= 0.6 is 11.9 Å². The molecule has 0 radical (unpaired) electrons. The number of aliphatic imine (C=N–C) groups is 1. The van der Waals surface area contributed by atoms with Gasteiger partial charge in [-0.1, -0.05) is 11.9 Å². The van der Waals surface area contributed by atoms with E-state index in [2.05, 4.69) is 15.3 Å². The molecule has 0 aliphatic carbocycles. The SMILES string of the molecule is CN1C[C@@H](c2cc(NC(=O)c3ccc(C#N)cn3)ccc2F)N=C(N)C(C)(C)S1. The largest absolute Gasteiger partial charge is 0.386 e. The Hall–Kier alpha value is -2.96. The first-order valence-electron chi connectivity index (χ1n) is 8.90. The molecule has 0 unspecified atom stereocenters. The molecule has 1 atom stereocenters. The lowest BCUT2D eigenvalue weighted by Crippen LogP contribution is -2.36. The molecular weight excluding hydrogens is 391 g/mol. The van der Waals surface area contributed by atoms with Crippen LogP contribution in [0.5, 0.6) is 0 Å². The average molecular weight is 412 g/mol. The van der Waals surface area contributed by atoms with Crippen LogP contribution in [-0.4, -0.2) is 39.4 Å². The number of hydrogen-bond acceptors (Lipinski definition) is 7. The first-order chi connectivity index (χ1) is 13.7. The van der Waals surface area contributed by atoms with Crippen molar-refractivity contribution >= 4 is 29.4 Å². The van der Waals surface area contributed by atoms with Crippen LogP contribution in [0.1, 0.15) is 41.5 Å². The van der Waals surface area contributed by atoms with Gasteiger partial charge < -0.3 is 11.1 Å². The summed E-state index contributed by atoms with van der Waals surface area (Å²) in [5.41, 5.74) is 7.44. The maximum atomic E-state index is 14.6. The highest BCUT2D eigenvalue weighted by Gasteiger charge is 2.32. The lowest BCUT2D eigenvalue weighted by molar-refractivity contribution is 0.102. The lowest BCUT2D eigenvalue weighted by atomic mass is 10.0. The Kier molecular flexibility index (Phi) is 5.86. The van der Waals surface area contributed by atoms with Crippen LogP contribution in [0.25, 0.3) is 0 Å². The van der Waals surface area contributed by atoms with Gasteiger partial charge in [-0.05, 0) is 51.2 Å². The van der Waals surface area contributed by atoms with Crippen LogP contribution in [0.2, 0.25) is 0 Å². The highest BCUT2D eigenvalue weighted by Crippen LogP contribution is 2.35. The molecule has 0 fully saturated rings. The van der Waals surface area contributed by atoms with Crippen molar-refractivity contribution in [2.45, 2.75) is 24.6 Å². The molecule has 0 saturated heterocycles. The Morgan fingerprint density at radius 1 is 1.41 bits per heavy atom. The number of amidine groups is 1. The summed E-state index contributed by atoms with van der Waals surface area (Å²) >= 11 is 1.55. The van der Waals surface area contributed by atoms with Gasteiger partial charge in [0.25, 0.3) is 5.91 Å². The molecule has 7 nitrogen and oxygen atoms in total. The summed E-state index contributed by atoms with van der Waals surface area (Å²) in [5.74, 6) is -0.434. The maximum absolute atomic E-state index is 14.6. The Morgan fingerprint density at radius 3 is 2.83 bits per heavy atom. The van der Waals surface area contributed by atoms with Gasteiger partial charge in [0.05, 0.1) is 16.4 Å². The van der Waals surface area contributed by atoms with Crippen LogP contribution in [-0.2, 0) is 0 Å². The second-order valence-corrected chi connectivity index (χ2v) is 9.00. The number of pyridine rings is 1. The standard InChI is InChI=1S/C20H21FN6OS/c1-20(2)19(23)26-17(11-27(3)29-20)14-8-13(5-6-15(14)21)25-18(28)16-7-4-12(9-22)10-24-16/h4-8,10,17H,11H2,1-3H3,(H2,23,26)(H,25,28)/t17-/m0/s1. The van der Waals surface area contributed by atoms with Crippen molar-refractivity contribution in [3.63, 3.8) is 0 Å². The quantitative estimate of drug-likeness (QED) is 0.750. The third kappa shape index (κ3) is 4.72. The molecule has 3 N–H and O–H groups in total. The Bertz CT molecular complexity index is 999. The molecule has 0 bridgehead atoms. The molecule has 9 heteroatoms. The highest BCUT2D eigenvalue weighted by atomic mass is 32.2. The van der Waals surface area contributed by atoms with E-state index in [0.717, 1.165) is 0 Å². The number of anilines is 1. The topological polar surface area (TPSA) is 107 Å². The van der Waals surface area contributed by atoms with Gasteiger partial charge >= 0.3 is 0 Å². The van der Waals surface area contributed by atoms with Crippen molar-refractivity contribution in [2.75, 3.05) is 18.9 Å². The fourth-order valence-corrected chi connectivity index (χ4v) is 4.06. The lowest BCUT2D eigenvalue weighted by Gasteiger charge is -2.25. The Balaban J connectivity index is 1.87. The molecular formula is C20H21FN6OS. The molecule has 0 spiro atoms.